The van der Waals surface area contributed by atoms with Crippen LogP contribution in [0.2, 0.25) is 0 Å². The van der Waals surface area contributed by atoms with Crippen LogP contribution < -0.4 is 0 Å². The van der Waals surface area contributed by atoms with E-state index in [-0.39, 0.29) is 5.41 Å². The van der Waals surface area contributed by atoms with Gasteiger partial charge in [-0.05, 0) is 96.9 Å². The largest absolute Gasteiger partial charge is 0.456 e. The zero-order valence-corrected chi connectivity index (χ0v) is 26.0. The van der Waals surface area contributed by atoms with Gasteiger partial charge in [-0.1, -0.05) is 112 Å². The minimum atomic E-state index is 0.0588. The summed E-state index contributed by atoms with van der Waals surface area (Å²) in [6, 6.07) is 47.0. The number of benzene rings is 7. The van der Waals surface area contributed by atoms with Gasteiger partial charge in [-0.3, -0.25) is 0 Å². The van der Waals surface area contributed by atoms with Gasteiger partial charge in [0.05, 0.1) is 0 Å². The fraction of sp³-hybridized carbons (Fsp3) is 0.0930. The normalized spacial score (nSPS) is 12.2. The lowest BCUT2D eigenvalue weighted by Crippen LogP contribution is -2.10. The molecule has 3 heteroatoms. The van der Waals surface area contributed by atoms with Gasteiger partial charge < -0.3 is 8.83 Å². The zero-order chi connectivity index (χ0) is 31.0. The second kappa shape index (κ2) is 9.92. The minimum Gasteiger partial charge on any atom is -0.456 e. The van der Waals surface area contributed by atoms with Crippen molar-refractivity contribution in [3.05, 3.63) is 139 Å². The number of furan rings is 1. The Morgan fingerprint density at radius 3 is 1.80 bits per heavy atom. The third kappa shape index (κ3) is 4.16. The average Bonchev–Trinajstić information content (AvgIpc) is 3.71. The van der Waals surface area contributed by atoms with Crippen molar-refractivity contribution in [1.82, 2.24) is 4.98 Å². The fourth-order valence-corrected chi connectivity index (χ4v) is 6.92. The summed E-state index contributed by atoms with van der Waals surface area (Å²) in [5.74, 6) is 1.51. The quantitative estimate of drug-likeness (QED) is 0.191. The van der Waals surface area contributed by atoms with E-state index in [9.17, 15) is 0 Å². The zero-order valence-electron chi connectivity index (χ0n) is 26.0. The van der Waals surface area contributed by atoms with Gasteiger partial charge in [0.15, 0.2) is 5.58 Å². The predicted molar refractivity (Wildman–Crippen MR) is 191 cm³/mol. The lowest BCUT2D eigenvalue weighted by Gasteiger charge is -2.19. The maximum absolute atomic E-state index is 6.73. The summed E-state index contributed by atoms with van der Waals surface area (Å²) >= 11 is 0. The number of rotatable bonds is 3. The summed E-state index contributed by atoms with van der Waals surface area (Å²) < 4.78 is 12.9. The van der Waals surface area contributed by atoms with Gasteiger partial charge >= 0.3 is 0 Å². The molecule has 0 radical (unpaired) electrons. The smallest absolute Gasteiger partial charge is 0.227 e. The second-order valence-electron chi connectivity index (χ2n) is 13.2. The first-order chi connectivity index (χ1) is 22.4. The molecule has 0 spiro atoms. The molecule has 0 aliphatic rings. The standard InChI is InChI=1S/C43H31NO2/c1-43(2,3)29-20-17-26-18-21-37-35(34(26)24-29)25-39(45-37)41-32-15-9-7-13-30(32)40(31-14-8-10-16-33(31)41)28-19-22-38-36(23-28)44-42(46-38)27-11-5-4-6-12-27/h4-25H,1-3H3. The Balaban J connectivity index is 1.29. The summed E-state index contributed by atoms with van der Waals surface area (Å²) in [4.78, 5) is 4.88. The van der Waals surface area contributed by atoms with Gasteiger partial charge in [-0.15, -0.1) is 0 Å². The Hall–Kier alpha value is -5.67. The molecule has 0 amide bonds. The molecule has 0 N–H and O–H groups in total. The van der Waals surface area contributed by atoms with Gasteiger partial charge in [0.25, 0.3) is 0 Å². The molecule has 0 saturated carbocycles. The molecule has 46 heavy (non-hydrogen) atoms. The highest BCUT2D eigenvalue weighted by Crippen LogP contribution is 2.46. The number of hydrogen-bond donors (Lipinski definition) is 0. The SMILES string of the molecule is CC(C)(C)c1ccc2ccc3oc(-c4c5ccccc5c(-c5ccc6oc(-c7ccccc7)nc6c5)c5ccccc45)cc3c2c1. The third-order valence-corrected chi connectivity index (χ3v) is 9.26. The number of nitrogens with zero attached hydrogens (tertiary/aromatic N) is 1. The predicted octanol–water partition coefficient (Wildman–Crippen LogP) is 12.3. The van der Waals surface area contributed by atoms with Crippen LogP contribution in [0.15, 0.2) is 142 Å². The molecule has 0 aliphatic heterocycles. The van der Waals surface area contributed by atoms with Gasteiger partial charge in [-0.25, -0.2) is 4.98 Å². The summed E-state index contributed by atoms with van der Waals surface area (Å²) in [7, 11) is 0. The van der Waals surface area contributed by atoms with E-state index in [1.54, 1.807) is 0 Å². The van der Waals surface area contributed by atoms with Crippen molar-refractivity contribution < 1.29 is 8.83 Å². The van der Waals surface area contributed by atoms with Crippen molar-refractivity contribution in [3.63, 3.8) is 0 Å². The Kier molecular flexibility index (Phi) is 5.76. The lowest BCUT2D eigenvalue weighted by molar-refractivity contribution is 0.591. The monoisotopic (exact) mass is 593 g/mol. The van der Waals surface area contributed by atoms with Crippen molar-refractivity contribution >= 4 is 54.4 Å². The van der Waals surface area contributed by atoms with Gasteiger partial charge in [0, 0.05) is 16.5 Å². The maximum Gasteiger partial charge on any atom is 0.227 e. The van der Waals surface area contributed by atoms with E-state index in [0.29, 0.717) is 5.89 Å². The Bertz CT molecular complexity index is 2560. The molecule has 9 rings (SSSR count). The average molecular weight is 594 g/mol. The molecule has 2 heterocycles. The highest BCUT2D eigenvalue weighted by atomic mass is 16.3. The van der Waals surface area contributed by atoms with Crippen molar-refractivity contribution in [2.75, 3.05) is 0 Å². The number of oxazole rings is 1. The van der Waals surface area contributed by atoms with Crippen LogP contribution in [-0.4, -0.2) is 4.98 Å². The van der Waals surface area contributed by atoms with Crippen molar-refractivity contribution in [1.29, 1.82) is 0 Å². The molecule has 7 aromatic carbocycles. The molecule has 0 unspecified atom stereocenters. The Morgan fingerprint density at radius 1 is 0.478 bits per heavy atom. The van der Waals surface area contributed by atoms with Gasteiger partial charge in [-0.2, -0.15) is 0 Å². The molecule has 2 aromatic heterocycles. The van der Waals surface area contributed by atoms with E-state index in [4.69, 9.17) is 13.8 Å². The van der Waals surface area contributed by atoms with E-state index in [2.05, 4.69) is 118 Å². The van der Waals surface area contributed by atoms with Crippen molar-refractivity contribution in [2.45, 2.75) is 26.2 Å². The Labute approximate surface area is 266 Å². The first kappa shape index (κ1) is 26.7. The summed E-state index contributed by atoms with van der Waals surface area (Å²) in [5.41, 5.74) is 8.25. The molecule has 3 nitrogen and oxygen atoms in total. The van der Waals surface area contributed by atoms with Crippen molar-refractivity contribution in [2.24, 2.45) is 0 Å². The number of fused-ring (bicyclic) bond motifs is 6. The van der Waals surface area contributed by atoms with E-state index in [1.165, 1.54) is 32.7 Å². The minimum absolute atomic E-state index is 0.0588. The molecule has 0 aliphatic carbocycles. The maximum atomic E-state index is 6.73. The molecule has 0 bridgehead atoms. The molecule has 0 saturated heterocycles. The summed E-state index contributed by atoms with van der Waals surface area (Å²) in [6.07, 6.45) is 0. The van der Waals surface area contributed by atoms with Crippen LogP contribution in [0.25, 0.3) is 88.3 Å². The molecule has 0 atom stereocenters. The molecular weight excluding hydrogens is 562 g/mol. The molecule has 9 aromatic rings. The first-order valence-electron chi connectivity index (χ1n) is 15.8. The summed E-state index contributed by atoms with van der Waals surface area (Å²) in [6.45, 7) is 6.78. The highest BCUT2D eigenvalue weighted by molar-refractivity contribution is 6.22. The fourth-order valence-electron chi connectivity index (χ4n) is 6.92. The lowest BCUT2D eigenvalue weighted by atomic mass is 9.85. The topological polar surface area (TPSA) is 39.2 Å². The van der Waals surface area contributed by atoms with Crippen LogP contribution >= 0.6 is 0 Å². The van der Waals surface area contributed by atoms with Crippen LogP contribution in [0.5, 0.6) is 0 Å². The van der Waals surface area contributed by atoms with E-state index >= 15 is 0 Å². The first-order valence-corrected chi connectivity index (χ1v) is 15.8. The van der Waals surface area contributed by atoms with Crippen LogP contribution in [0, 0.1) is 0 Å². The van der Waals surface area contributed by atoms with Crippen molar-refractivity contribution in [3.8, 4) is 33.9 Å². The number of hydrogen-bond acceptors (Lipinski definition) is 3. The highest BCUT2D eigenvalue weighted by Gasteiger charge is 2.21. The molecule has 0 fully saturated rings. The second-order valence-corrected chi connectivity index (χ2v) is 13.2. The van der Waals surface area contributed by atoms with E-state index in [0.717, 1.165) is 55.3 Å². The third-order valence-electron chi connectivity index (χ3n) is 9.26. The van der Waals surface area contributed by atoms with Gasteiger partial charge in [0.1, 0.15) is 16.9 Å². The van der Waals surface area contributed by atoms with Gasteiger partial charge in [0.2, 0.25) is 5.89 Å². The van der Waals surface area contributed by atoms with Crippen LogP contribution in [0.3, 0.4) is 0 Å². The number of aromatic nitrogens is 1. The molecular formula is C43H31NO2. The van der Waals surface area contributed by atoms with Crippen LogP contribution in [-0.2, 0) is 5.41 Å². The van der Waals surface area contributed by atoms with Crippen LogP contribution in [0.4, 0.5) is 0 Å². The van der Waals surface area contributed by atoms with E-state index < -0.39 is 0 Å². The Morgan fingerprint density at radius 2 is 1.11 bits per heavy atom. The molecule has 220 valence electrons. The van der Waals surface area contributed by atoms with E-state index in [1.807, 2.05) is 36.4 Å². The van der Waals surface area contributed by atoms with Crippen LogP contribution in [0.1, 0.15) is 26.3 Å². The summed E-state index contributed by atoms with van der Waals surface area (Å²) in [5, 5.41) is 8.23.